The van der Waals surface area contributed by atoms with Crippen molar-refractivity contribution in [2.45, 2.75) is 20.0 Å². The van der Waals surface area contributed by atoms with Crippen LogP contribution in [0.15, 0.2) is 34.8 Å². The number of carbonyl (C=O) groups is 2. The lowest BCUT2D eigenvalue weighted by atomic mass is 10.3. The molecule has 132 valence electrons. The first kappa shape index (κ1) is 19.4. The van der Waals surface area contributed by atoms with Gasteiger partial charge in [0.15, 0.2) is 6.10 Å². The predicted octanol–water partition coefficient (Wildman–Crippen LogP) is 5.13. The molecule has 8 heteroatoms. The summed E-state index contributed by atoms with van der Waals surface area (Å²) in [5.74, 6) is -0.0127. The van der Waals surface area contributed by atoms with Gasteiger partial charge in [0.2, 0.25) is 0 Å². The molecule has 1 N–H and O–H groups in total. The molecule has 1 amide bonds. The van der Waals surface area contributed by atoms with Crippen LogP contribution in [0.2, 0.25) is 15.1 Å². The van der Waals surface area contributed by atoms with Gasteiger partial charge in [0.25, 0.3) is 5.91 Å². The van der Waals surface area contributed by atoms with E-state index in [1.807, 2.05) is 0 Å². The summed E-state index contributed by atoms with van der Waals surface area (Å²) in [5, 5.41) is 3.25. The first-order valence-corrected chi connectivity index (χ1v) is 8.30. The lowest BCUT2D eigenvalue weighted by molar-refractivity contribution is -0.148. The third-order valence-electron chi connectivity index (χ3n) is 3.07. The molecule has 0 radical (unpaired) electrons. The van der Waals surface area contributed by atoms with Crippen LogP contribution in [0.25, 0.3) is 6.08 Å². The minimum Gasteiger partial charge on any atom is -0.462 e. The van der Waals surface area contributed by atoms with E-state index in [0.717, 1.165) is 5.76 Å². The Morgan fingerprint density at radius 1 is 1.16 bits per heavy atom. The van der Waals surface area contributed by atoms with E-state index in [0.29, 0.717) is 5.76 Å². The van der Waals surface area contributed by atoms with Crippen LogP contribution in [0.1, 0.15) is 18.4 Å². The van der Waals surface area contributed by atoms with Crippen molar-refractivity contribution in [2.24, 2.45) is 0 Å². The predicted molar refractivity (Wildman–Crippen MR) is 98.1 cm³/mol. The SMILES string of the molecule is Cc1ccc(/C=C/C(=O)OC(C)C(=O)Nc2cc(Cl)c(Cl)cc2Cl)o1. The molecular formula is C17H14Cl3NO4. The zero-order chi connectivity index (χ0) is 18.6. The minimum atomic E-state index is -1.04. The van der Waals surface area contributed by atoms with Gasteiger partial charge in [0, 0.05) is 6.08 Å². The highest BCUT2D eigenvalue weighted by Gasteiger charge is 2.18. The maximum atomic E-state index is 12.1. The van der Waals surface area contributed by atoms with Gasteiger partial charge in [-0.2, -0.15) is 0 Å². The first-order chi connectivity index (χ1) is 11.8. The summed E-state index contributed by atoms with van der Waals surface area (Å²) in [6.45, 7) is 3.22. The van der Waals surface area contributed by atoms with E-state index >= 15 is 0 Å². The van der Waals surface area contributed by atoms with Crippen LogP contribution in [-0.4, -0.2) is 18.0 Å². The molecule has 0 aliphatic rings. The number of hydrogen-bond donors (Lipinski definition) is 1. The van der Waals surface area contributed by atoms with E-state index in [-0.39, 0.29) is 20.8 Å². The number of benzene rings is 1. The highest BCUT2D eigenvalue weighted by Crippen LogP contribution is 2.32. The number of furan rings is 1. The number of nitrogens with one attached hydrogen (secondary N) is 1. The Hall–Kier alpha value is -1.95. The lowest BCUT2D eigenvalue weighted by Crippen LogP contribution is -2.29. The van der Waals surface area contributed by atoms with Crippen molar-refractivity contribution in [1.82, 2.24) is 0 Å². The second-order valence-electron chi connectivity index (χ2n) is 5.10. The van der Waals surface area contributed by atoms with Gasteiger partial charge in [0.05, 0.1) is 20.8 Å². The monoisotopic (exact) mass is 401 g/mol. The molecule has 1 unspecified atom stereocenters. The third-order valence-corrected chi connectivity index (χ3v) is 4.11. The van der Waals surface area contributed by atoms with Crippen molar-refractivity contribution in [3.8, 4) is 0 Å². The Morgan fingerprint density at radius 3 is 2.48 bits per heavy atom. The molecule has 0 aliphatic heterocycles. The number of aryl methyl sites for hydroxylation is 1. The molecular weight excluding hydrogens is 389 g/mol. The van der Waals surface area contributed by atoms with Crippen LogP contribution in [0, 0.1) is 6.92 Å². The number of anilines is 1. The lowest BCUT2D eigenvalue weighted by Gasteiger charge is -2.13. The van der Waals surface area contributed by atoms with Crippen molar-refractivity contribution in [2.75, 3.05) is 5.32 Å². The minimum absolute atomic E-state index is 0.217. The fourth-order valence-corrected chi connectivity index (χ4v) is 2.41. The zero-order valence-electron chi connectivity index (χ0n) is 13.3. The Balaban J connectivity index is 1.94. The van der Waals surface area contributed by atoms with Gasteiger partial charge in [-0.05, 0) is 44.2 Å². The Morgan fingerprint density at radius 2 is 1.84 bits per heavy atom. The van der Waals surface area contributed by atoms with Gasteiger partial charge < -0.3 is 14.5 Å². The maximum absolute atomic E-state index is 12.1. The van der Waals surface area contributed by atoms with E-state index in [4.69, 9.17) is 44.0 Å². The number of hydrogen-bond acceptors (Lipinski definition) is 4. The van der Waals surface area contributed by atoms with E-state index in [1.54, 1.807) is 19.1 Å². The van der Waals surface area contributed by atoms with Gasteiger partial charge in [-0.1, -0.05) is 34.8 Å². The quantitative estimate of drug-likeness (QED) is 0.427. The van der Waals surface area contributed by atoms with Crippen LogP contribution in [0.5, 0.6) is 0 Å². The summed E-state index contributed by atoms with van der Waals surface area (Å²) >= 11 is 17.7. The van der Waals surface area contributed by atoms with Crippen molar-refractivity contribution in [3.05, 3.63) is 56.9 Å². The summed E-state index contributed by atoms with van der Waals surface area (Å²) < 4.78 is 10.3. The van der Waals surface area contributed by atoms with Crippen LogP contribution in [0.3, 0.4) is 0 Å². The van der Waals surface area contributed by atoms with Gasteiger partial charge in [-0.3, -0.25) is 4.79 Å². The normalized spacial score (nSPS) is 12.2. The molecule has 1 aromatic heterocycles. The molecule has 0 spiro atoms. The molecule has 1 aromatic carbocycles. The summed E-state index contributed by atoms with van der Waals surface area (Å²) in [5.41, 5.74) is 0.269. The molecule has 1 atom stereocenters. The van der Waals surface area contributed by atoms with Crippen LogP contribution >= 0.6 is 34.8 Å². The van der Waals surface area contributed by atoms with Crippen LogP contribution < -0.4 is 5.32 Å². The first-order valence-electron chi connectivity index (χ1n) is 7.17. The molecule has 1 heterocycles. The highest BCUT2D eigenvalue weighted by atomic mass is 35.5. The average Bonchev–Trinajstić information content (AvgIpc) is 2.96. The van der Waals surface area contributed by atoms with Crippen molar-refractivity contribution in [1.29, 1.82) is 0 Å². The molecule has 0 bridgehead atoms. The molecule has 0 aliphatic carbocycles. The summed E-state index contributed by atoms with van der Waals surface area (Å²) in [4.78, 5) is 23.9. The Bertz CT molecular complexity index is 829. The van der Waals surface area contributed by atoms with Gasteiger partial charge in [0.1, 0.15) is 11.5 Å². The summed E-state index contributed by atoms with van der Waals surface area (Å²) in [6.07, 6.45) is 1.59. The fraction of sp³-hybridized carbons (Fsp3) is 0.176. The molecule has 25 heavy (non-hydrogen) atoms. The molecule has 0 fully saturated rings. The second kappa shape index (κ2) is 8.43. The number of esters is 1. The van der Waals surface area contributed by atoms with E-state index < -0.39 is 18.0 Å². The summed E-state index contributed by atoms with van der Waals surface area (Å²) in [7, 11) is 0. The van der Waals surface area contributed by atoms with Crippen LogP contribution in [0.4, 0.5) is 5.69 Å². The maximum Gasteiger partial charge on any atom is 0.331 e. The van der Waals surface area contributed by atoms with Gasteiger partial charge in [-0.15, -0.1) is 0 Å². The van der Waals surface area contributed by atoms with Crippen molar-refractivity contribution in [3.63, 3.8) is 0 Å². The van der Waals surface area contributed by atoms with Gasteiger partial charge >= 0.3 is 5.97 Å². The summed E-state index contributed by atoms with van der Waals surface area (Å²) in [6, 6.07) is 6.30. The number of rotatable bonds is 5. The third kappa shape index (κ3) is 5.53. The standard InChI is InChI=1S/C17H14Cl3NO4/c1-9-3-4-11(24-9)5-6-16(22)25-10(2)17(23)21-15-8-13(19)12(18)7-14(15)20/h3-8,10H,1-2H3,(H,21,23)/b6-5+. The molecule has 5 nitrogen and oxygen atoms in total. The molecule has 0 saturated heterocycles. The van der Waals surface area contributed by atoms with Crippen LogP contribution in [-0.2, 0) is 14.3 Å². The number of ether oxygens (including phenoxy) is 1. The Kier molecular flexibility index (Phi) is 6.53. The molecule has 2 rings (SSSR count). The number of halogens is 3. The topological polar surface area (TPSA) is 68.5 Å². The van der Waals surface area contributed by atoms with E-state index in [9.17, 15) is 9.59 Å². The van der Waals surface area contributed by atoms with Crippen molar-refractivity contribution >= 4 is 58.4 Å². The number of amides is 1. The zero-order valence-corrected chi connectivity index (χ0v) is 15.6. The van der Waals surface area contributed by atoms with Gasteiger partial charge in [-0.25, -0.2) is 4.79 Å². The highest BCUT2D eigenvalue weighted by molar-refractivity contribution is 6.44. The van der Waals surface area contributed by atoms with E-state index in [1.165, 1.54) is 31.2 Å². The molecule has 0 saturated carbocycles. The number of carbonyl (C=O) groups excluding carboxylic acids is 2. The fourth-order valence-electron chi connectivity index (χ4n) is 1.81. The van der Waals surface area contributed by atoms with E-state index in [2.05, 4.69) is 5.32 Å². The largest absolute Gasteiger partial charge is 0.462 e. The average molecular weight is 403 g/mol. The molecule has 2 aromatic rings. The Labute approximate surface area is 159 Å². The second-order valence-corrected chi connectivity index (χ2v) is 6.32. The van der Waals surface area contributed by atoms with Crippen molar-refractivity contribution < 1.29 is 18.7 Å². The smallest absolute Gasteiger partial charge is 0.331 e.